The van der Waals surface area contributed by atoms with Gasteiger partial charge in [-0.05, 0) is 51.0 Å². The number of benzene rings is 2. The van der Waals surface area contributed by atoms with E-state index in [9.17, 15) is 18.3 Å². The molecular formula is C26H27N3O5S. The molecule has 0 spiro atoms. The molecule has 0 bridgehead atoms. The van der Waals surface area contributed by atoms with E-state index in [0.29, 0.717) is 16.6 Å². The maximum atomic E-state index is 13.4. The predicted molar refractivity (Wildman–Crippen MR) is 131 cm³/mol. The first-order chi connectivity index (χ1) is 16.8. The fourth-order valence-corrected chi connectivity index (χ4v) is 5.98. The quantitative estimate of drug-likeness (QED) is 0.365. The normalized spacial score (nSPS) is 13.9. The summed E-state index contributed by atoms with van der Waals surface area (Å²) in [5, 5.41) is 11.4. The van der Waals surface area contributed by atoms with E-state index < -0.39 is 15.8 Å². The lowest BCUT2D eigenvalue weighted by Crippen LogP contribution is -2.15. The Balaban J connectivity index is 1.78. The highest BCUT2D eigenvalue weighted by atomic mass is 32.2. The molecule has 8 nitrogen and oxygen atoms in total. The molecule has 35 heavy (non-hydrogen) atoms. The molecule has 5 rings (SSSR count). The molecule has 2 heterocycles. The second-order valence-corrected chi connectivity index (χ2v) is 10.8. The number of nitrogens with zero attached hydrogens (tertiary/aromatic N) is 3. The zero-order chi connectivity index (χ0) is 24.7. The van der Waals surface area contributed by atoms with Crippen LogP contribution in [0.15, 0.2) is 59.9 Å². The molecule has 0 unspecified atom stereocenters. The molecule has 2 aromatic carbocycles. The van der Waals surface area contributed by atoms with Gasteiger partial charge in [0.2, 0.25) is 0 Å². The number of aromatic hydroxyl groups is 1. The summed E-state index contributed by atoms with van der Waals surface area (Å²) in [6, 6.07) is 11.7. The van der Waals surface area contributed by atoms with Crippen molar-refractivity contribution >= 4 is 26.7 Å². The first-order valence-corrected chi connectivity index (χ1v) is 13.3. The SMILES string of the molecule is CCOC(=O)c1c(CS(=O)(=O)c2ccccc2)n(C2CC2)c2ccc(O)c(Cn3cncc3C)c12. The molecule has 0 radical (unpaired) electrons. The maximum Gasteiger partial charge on any atom is 0.340 e. The molecule has 1 aliphatic carbocycles. The molecule has 1 N–H and O–H groups in total. The van der Waals surface area contributed by atoms with Crippen molar-refractivity contribution in [2.75, 3.05) is 6.61 Å². The summed E-state index contributed by atoms with van der Waals surface area (Å²) in [4.78, 5) is 17.7. The van der Waals surface area contributed by atoms with E-state index in [1.54, 1.807) is 61.9 Å². The summed E-state index contributed by atoms with van der Waals surface area (Å²) in [5.74, 6) is -0.911. The highest BCUT2D eigenvalue weighted by Gasteiger charge is 2.36. The molecule has 0 atom stereocenters. The molecule has 0 saturated heterocycles. The van der Waals surface area contributed by atoms with Crippen molar-refractivity contribution in [2.45, 2.75) is 49.9 Å². The lowest BCUT2D eigenvalue weighted by Gasteiger charge is -2.12. The predicted octanol–water partition coefficient (Wildman–Crippen LogP) is 4.39. The van der Waals surface area contributed by atoms with E-state index in [0.717, 1.165) is 24.1 Å². The molecule has 9 heteroatoms. The second-order valence-electron chi connectivity index (χ2n) is 8.84. The number of imidazole rings is 1. The van der Waals surface area contributed by atoms with Crippen LogP contribution >= 0.6 is 0 Å². The molecule has 0 amide bonds. The van der Waals surface area contributed by atoms with Gasteiger partial charge in [0.05, 0.1) is 41.2 Å². The van der Waals surface area contributed by atoms with Gasteiger partial charge in [-0.15, -0.1) is 0 Å². The number of phenols is 1. The van der Waals surface area contributed by atoms with Crippen molar-refractivity contribution in [1.82, 2.24) is 14.1 Å². The Kier molecular flexibility index (Phi) is 5.88. The van der Waals surface area contributed by atoms with E-state index in [2.05, 4.69) is 4.98 Å². The Bertz CT molecular complexity index is 1520. The van der Waals surface area contributed by atoms with Gasteiger partial charge in [0.25, 0.3) is 0 Å². The zero-order valence-electron chi connectivity index (χ0n) is 19.6. The highest BCUT2D eigenvalue weighted by molar-refractivity contribution is 7.90. The number of carbonyl (C=O) groups excluding carboxylic acids is 1. The molecule has 182 valence electrons. The second kappa shape index (κ2) is 8.88. The third-order valence-electron chi connectivity index (χ3n) is 6.42. The van der Waals surface area contributed by atoms with Crippen molar-refractivity contribution in [2.24, 2.45) is 0 Å². The summed E-state index contributed by atoms with van der Waals surface area (Å²) in [5.41, 5.74) is 2.76. The van der Waals surface area contributed by atoms with Crippen molar-refractivity contribution < 1.29 is 23.1 Å². The Hall–Kier alpha value is -3.59. The molecule has 2 aromatic heterocycles. The Morgan fingerprint density at radius 2 is 1.91 bits per heavy atom. The van der Waals surface area contributed by atoms with Crippen LogP contribution in [-0.4, -0.2) is 40.2 Å². The molecule has 4 aromatic rings. The zero-order valence-corrected chi connectivity index (χ0v) is 20.5. The van der Waals surface area contributed by atoms with Crippen LogP contribution in [0.25, 0.3) is 10.9 Å². The van der Waals surface area contributed by atoms with Crippen molar-refractivity contribution in [1.29, 1.82) is 0 Å². The summed E-state index contributed by atoms with van der Waals surface area (Å²) in [6.07, 6.45) is 5.16. The summed E-state index contributed by atoms with van der Waals surface area (Å²) in [7, 11) is -3.75. The van der Waals surface area contributed by atoms with Crippen LogP contribution in [-0.2, 0) is 26.9 Å². The van der Waals surface area contributed by atoms with E-state index in [-0.39, 0.29) is 41.2 Å². The molecule has 1 fully saturated rings. The number of carbonyl (C=O) groups is 1. The van der Waals surface area contributed by atoms with Gasteiger partial charge in [-0.3, -0.25) is 0 Å². The molecule has 1 aliphatic rings. The van der Waals surface area contributed by atoms with Crippen LogP contribution in [0.2, 0.25) is 0 Å². The standard InChI is InChI=1S/C26H27N3O5S/c1-3-34-26(31)25-22(15-35(32,33)19-7-5-4-6-8-19)29(18-9-10-18)21-11-12-23(30)20(24(21)25)14-28-16-27-13-17(28)2/h4-8,11-13,16,18,30H,3,9-10,14-15H2,1-2H3. The van der Waals surface area contributed by atoms with E-state index >= 15 is 0 Å². The Labute approximate surface area is 203 Å². The van der Waals surface area contributed by atoms with Crippen LogP contribution in [0.4, 0.5) is 0 Å². The lowest BCUT2D eigenvalue weighted by atomic mass is 10.0. The first kappa shape index (κ1) is 23.2. The molecule has 0 aliphatic heterocycles. The van der Waals surface area contributed by atoms with Crippen molar-refractivity contribution in [3.05, 3.63) is 77.5 Å². The lowest BCUT2D eigenvalue weighted by molar-refractivity contribution is 0.0527. The number of hydrogen-bond donors (Lipinski definition) is 1. The third-order valence-corrected chi connectivity index (χ3v) is 8.07. The average molecular weight is 494 g/mol. The van der Waals surface area contributed by atoms with Gasteiger partial charge in [0, 0.05) is 34.6 Å². The number of sulfone groups is 1. The number of rotatable bonds is 8. The minimum Gasteiger partial charge on any atom is -0.508 e. The van der Waals surface area contributed by atoms with Gasteiger partial charge >= 0.3 is 5.97 Å². The summed E-state index contributed by atoms with van der Waals surface area (Å²) in [6.45, 7) is 4.05. The van der Waals surface area contributed by atoms with Gasteiger partial charge < -0.3 is 19.0 Å². The van der Waals surface area contributed by atoms with Crippen LogP contribution in [0.5, 0.6) is 5.75 Å². The van der Waals surface area contributed by atoms with Gasteiger partial charge in [-0.2, -0.15) is 0 Å². The fourth-order valence-electron chi connectivity index (χ4n) is 4.60. The minimum absolute atomic E-state index is 0.0292. The maximum absolute atomic E-state index is 13.4. The average Bonchev–Trinajstić information content (AvgIpc) is 3.51. The van der Waals surface area contributed by atoms with Crippen molar-refractivity contribution in [3.8, 4) is 5.75 Å². The van der Waals surface area contributed by atoms with Crippen LogP contribution in [0, 0.1) is 6.92 Å². The minimum atomic E-state index is -3.75. The number of aryl methyl sites for hydroxylation is 1. The highest BCUT2D eigenvalue weighted by Crippen LogP contribution is 2.45. The number of phenolic OH excluding ortho intramolecular Hbond substituents is 1. The van der Waals surface area contributed by atoms with Crippen LogP contribution in [0.1, 0.15) is 53.1 Å². The largest absolute Gasteiger partial charge is 0.508 e. The van der Waals surface area contributed by atoms with Gasteiger partial charge in [-0.1, -0.05) is 18.2 Å². The number of ether oxygens (including phenoxy) is 1. The monoisotopic (exact) mass is 493 g/mol. The molecule has 1 saturated carbocycles. The third kappa shape index (κ3) is 4.20. The fraction of sp³-hybridized carbons (Fsp3) is 0.308. The number of esters is 1. The Morgan fingerprint density at radius 3 is 2.54 bits per heavy atom. The van der Waals surface area contributed by atoms with Gasteiger partial charge in [-0.25, -0.2) is 18.2 Å². The van der Waals surface area contributed by atoms with Gasteiger partial charge in [0.1, 0.15) is 5.75 Å². The molecular weight excluding hydrogens is 466 g/mol. The van der Waals surface area contributed by atoms with Crippen molar-refractivity contribution in [3.63, 3.8) is 0 Å². The topological polar surface area (TPSA) is 103 Å². The van der Waals surface area contributed by atoms with E-state index in [4.69, 9.17) is 4.74 Å². The Morgan fingerprint density at radius 1 is 1.17 bits per heavy atom. The first-order valence-electron chi connectivity index (χ1n) is 11.6. The summed E-state index contributed by atoms with van der Waals surface area (Å²) >= 11 is 0. The number of aromatic nitrogens is 3. The van der Waals surface area contributed by atoms with E-state index in [1.165, 1.54) is 0 Å². The van der Waals surface area contributed by atoms with Crippen LogP contribution in [0.3, 0.4) is 0 Å². The summed E-state index contributed by atoms with van der Waals surface area (Å²) < 4.78 is 36.1. The van der Waals surface area contributed by atoms with Crippen LogP contribution < -0.4 is 0 Å². The van der Waals surface area contributed by atoms with Gasteiger partial charge in [0.15, 0.2) is 9.84 Å². The smallest absolute Gasteiger partial charge is 0.340 e. The number of hydrogen-bond acceptors (Lipinski definition) is 6. The number of fused-ring (bicyclic) bond motifs is 1. The van der Waals surface area contributed by atoms with E-state index in [1.807, 2.05) is 16.1 Å².